The Bertz CT molecular complexity index is 512. The first-order valence-electron chi connectivity index (χ1n) is 12.6. The Labute approximate surface area is 169 Å². The van der Waals surface area contributed by atoms with E-state index in [1.807, 2.05) is 0 Å². The second kappa shape index (κ2) is 7.66. The molecular formula is C26H47N. The summed E-state index contributed by atoms with van der Waals surface area (Å²) in [7, 11) is 0. The smallest absolute Gasteiger partial charge is 0.00418 e. The lowest BCUT2D eigenvalue weighted by atomic mass is 9.44. The van der Waals surface area contributed by atoms with Crippen molar-refractivity contribution in [1.82, 2.24) is 0 Å². The summed E-state index contributed by atoms with van der Waals surface area (Å²) in [6.45, 7) is 10.2. The molecular weight excluding hydrogens is 326 g/mol. The van der Waals surface area contributed by atoms with Gasteiger partial charge in [0.2, 0.25) is 0 Å². The molecule has 4 aliphatic rings. The van der Waals surface area contributed by atoms with Gasteiger partial charge in [0, 0.05) is 6.04 Å². The van der Waals surface area contributed by atoms with Crippen LogP contribution in [0.1, 0.15) is 111 Å². The predicted molar refractivity (Wildman–Crippen MR) is 116 cm³/mol. The first-order valence-corrected chi connectivity index (χ1v) is 12.6. The molecule has 0 aliphatic heterocycles. The fourth-order valence-electron chi connectivity index (χ4n) is 8.82. The highest BCUT2D eigenvalue weighted by atomic mass is 14.7. The molecule has 0 radical (unpaired) electrons. The van der Waals surface area contributed by atoms with Crippen molar-refractivity contribution < 1.29 is 0 Å². The van der Waals surface area contributed by atoms with Crippen LogP contribution in [-0.2, 0) is 0 Å². The van der Waals surface area contributed by atoms with E-state index in [1.54, 1.807) is 6.42 Å². The quantitative estimate of drug-likeness (QED) is 0.507. The molecule has 0 aromatic heterocycles. The topological polar surface area (TPSA) is 26.0 Å². The third-order valence-electron chi connectivity index (χ3n) is 10.5. The molecule has 0 heterocycles. The van der Waals surface area contributed by atoms with E-state index < -0.39 is 0 Å². The molecule has 4 aliphatic carbocycles. The van der Waals surface area contributed by atoms with Crippen LogP contribution < -0.4 is 5.73 Å². The first-order chi connectivity index (χ1) is 12.8. The van der Waals surface area contributed by atoms with Crippen LogP contribution in [0.4, 0.5) is 0 Å². The third-order valence-corrected chi connectivity index (χ3v) is 10.5. The number of rotatable bonds is 5. The van der Waals surface area contributed by atoms with Crippen molar-refractivity contribution in [1.29, 1.82) is 0 Å². The fraction of sp³-hybridized carbons (Fsp3) is 1.00. The van der Waals surface area contributed by atoms with Gasteiger partial charge < -0.3 is 5.73 Å². The van der Waals surface area contributed by atoms with E-state index >= 15 is 0 Å². The average molecular weight is 374 g/mol. The summed E-state index contributed by atoms with van der Waals surface area (Å²) in [6.07, 6.45) is 19.1. The Morgan fingerprint density at radius 2 is 1.59 bits per heavy atom. The van der Waals surface area contributed by atoms with E-state index in [0.717, 1.165) is 35.5 Å². The lowest BCUT2D eigenvalue weighted by molar-refractivity contribution is -0.113. The highest BCUT2D eigenvalue weighted by Crippen LogP contribution is 2.67. The van der Waals surface area contributed by atoms with Gasteiger partial charge in [0.15, 0.2) is 0 Å². The number of hydrogen-bond donors (Lipinski definition) is 1. The lowest BCUT2D eigenvalue weighted by Crippen LogP contribution is -2.54. The van der Waals surface area contributed by atoms with Crippen molar-refractivity contribution in [2.45, 2.75) is 117 Å². The largest absolute Gasteiger partial charge is 0.328 e. The van der Waals surface area contributed by atoms with Crippen molar-refractivity contribution >= 4 is 0 Å². The molecule has 2 N–H and O–H groups in total. The van der Waals surface area contributed by atoms with Gasteiger partial charge in [0.1, 0.15) is 0 Å². The first kappa shape index (κ1) is 20.2. The van der Waals surface area contributed by atoms with E-state index in [0.29, 0.717) is 16.9 Å². The number of fused-ring (bicyclic) bond motifs is 5. The van der Waals surface area contributed by atoms with Crippen LogP contribution in [0.3, 0.4) is 0 Å². The monoisotopic (exact) mass is 373 g/mol. The minimum absolute atomic E-state index is 0.496. The summed E-state index contributed by atoms with van der Waals surface area (Å²) in [5, 5.41) is 0. The summed E-state index contributed by atoms with van der Waals surface area (Å²) in [4.78, 5) is 0. The van der Waals surface area contributed by atoms with Gasteiger partial charge >= 0.3 is 0 Å². The van der Waals surface area contributed by atoms with E-state index in [9.17, 15) is 0 Å². The van der Waals surface area contributed by atoms with E-state index in [4.69, 9.17) is 5.73 Å². The Morgan fingerprint density at radius 1 is 0.852 bits per heavy atom. The maximum Gasteiger partial charge on any atom is 0.00418 e. The fourth-order valence-corrected chi connectivity index (χ4v) is 8.82. The Balaban J connectivity index is 1.43. The SMILES string of the molecule is CC(C)CCCC[C@H]1CC[C@H]2[C@@H]3CC[C@H]4C[C@@H](N)CC[C@]4(C)[C@H]3CC[C@]12C. The van der Waals surface area contributed by atoms with Crippen LogP contribution in [0, 0.1) is 46.3 Å². The zero-order valence-corrected chi connectivity index (χ0v) is 18.8. The van der Waals surface area contributed by atoms with Crippen LogP contribution in [0.25, 0.3) is 0 Å². The molecule has 0 aromatic carbocycles. The molecule has 1 heteroatoms. The van der Waals surface area contributed by atoms with Crippen LogP contribution in [-0.4, -0.2) is 6.04 Å². The van der Waals surface area contributed by atoms with Crippen molar-refractivity contribution in [2.24, 2.45) is 52.1 Å². The van der Waals surface area contributed by atoms with Gasteiger partial charge in [0.05, 0.1) is 0 Å². The minimum atomic E-state index is 0.496. The van der Waals surface area contributed by atoms with Gasteiger partial charge in [-0.1, -0.05) is 47.0 Å². The van der Waals surface area contributed by atoms with Gasteiger partial charge in [-0.05, 0) is 111 Å². The van der Waals surface area contributed by atoms with Gasteiger partial charge in [-0.15, -0.1) is 0 Å². The van der Waals surface area contributed by atoms with Gasteiger partial charge in [-0.3, -0.25) is 0 Å². The molecule has 0 amide bonds. The summed E-state index contributed by atoms with van der Waals surface area (Å²) in [5.74, 6) is 5.94. The molecule has 27 heavy (non-hydrogen) atoms. The zero-order valence-electron chi connectivity index (χ0n) is 18.8. The third kappa shape index (κ3) is 3.53. The van der Waals surface area contributed by atoms with E-state index in [1.165, 1.54) is 77.0 Å². The van der Waals surface area contributed by atoms with Crippen molar-refractivity contribution in [3.63, 3.8) is 0 Å². The van der Waals surface area contributed by atoms with Crippen LogP contribution >= 0.6 is 0 Å². The Hall–Kier alpha value is -0.0400. The van der Waals surface area contributed by atoms with E-state index in [2.05, 4.69) is 27.7 Å². The second-order valence-electron chi connectivity index (χ2n) is 12.2. The number of nitrogens with two attached hydrogens (primary N) is 1. The van der Waals surface area contributed by atoms with Crippen LogP contribution in [0.5, 0.6) is 0 Å². The molecule has 0 unspecified atom stereocenters. The molecule has 0 spiro atoms. The van der Waals surface area contributed by atoms with Crippen molar-refractivity contribution in [2.75, 3.05) is 0 Å². The maximum absolute atomic E-state index is 6.37. The number of unbranched alkanes of at least 4 members (excludes halogenated alkanes) is 1. The highest BCUT2D eigenvalue weighted by molar-refractivity contribution is 5.09. The predicted octanol–water partition coefficient (Wildman–Crippen LogP) is 7.19. The molecule has 156 valence electrons. The van der Waals surface area contributed by atoms with E-state index in [-0.39, 0.29) is 0 Å². The molecule has 1 nitrogen and oxygen atoms in total. The molecule has 8 atom stereocenters. The molecule has 4 saturated carbocycles. The maximum atomic E-state index is 6.37. The standard InChI is InChI=1S/C26H47N/c1-18(2)7-5-6-8-19-10-12-23-22-11-9-20-17-21(27)13-15-26(20,4)24(22)14-16-25(19,23)3/h18-24H,5-17,27H2,1-4H3/t19-,20-,21-,22-,23-,24-,25+,26-/m0/s1. The van der Waals surface area contributed by atoms with Gasteiger partial charge in [-0.25, -0.2) is 0 Å². The summed E-state index contributed by atoms with van der Waals surface area (Å²) in [6, 6.07) is 0.496. The molecule has 0 saturated heterocycles. The van der Waals surface area contributed by atoms with Gasteiger partial charge in [0.25, 0.3) is 0 Å². The van der Waals surface area contributed by atoms with Crippen molar-refractivity contribution in [3.05, 3.63) is 0 Å². The minimum Gasteiger partial charge on any atom is -0.328 e. The average Bonchev–Trinajstić information content (AvgIpc) is 2.96. The summed E-state index contributed by atoms with van der Waals surface area (Å²) in [5.41, 5.74) is 7.66. The summed E-state index contributed by atoms with van der Waals surface area (Å²) < 4.78 is 0. The van der Waals surface area contributed by atoms with Crippen molar-refractivity contribution in [3.8, 4) is 0 Å². The summed E-state index contributed by atoms with van der Waals surface area (Å²) >= 11 is 0. The molecule has 4 fully saturated rings. The Morgan fingerprint density at radius 3 is 2.37 bits per heavy atom. The highest BCUT2D eigenvalue weighted by Gasteiger charge is 2.59. The molecule has 0 aromatic rings. The molecule has 4 rings (SSSR count). The second-order valence-corrected chi connectivity index (χ2v) is 12.2. The normalized spacial score (nSPS) is 49.6. The zero-order chi connectivity index (χ0) is 19.2. The van der Waals surface area contributed by atoms with Crippen LogP contribution in [0.2, 0.25) is 0 Å². The molecule has 0 bridgehead atoms. The van der Waals surface area contributed by atoms with Gasteiger partial charge in [-0.2, -0.15) is 0 Å². The number of hydrogen-bond acceptors (Lipinski definition) is 1. The Kier molecular flexibility index (Phi) is 5.74. The lowest BCUT2D eigenvalue weighted by Gasteiger charge is -2.61. The van der Waals surface area contributed by atoms with Crippen LogP contribution in [0.15, 0.2) is 0 Å².